The van der Waals surface area contributed by atoms with Gasteiger partial charge in [0, 0.05) is 6.07 Å². The van der Waals surface area contributed by atoms with Crippen LogP contribution in [0.2, 0.25) is 0 Å². The molecule has 0 bridgehead atoms. The van der Waals surface area contributed by atoms with Gasteiger partial charge in [0.25, 0.3) is 5.91 Å². The van der Waals surface area contributed by atoms with E-state index in [1.54, 1.807) is 17.2 Å². The average Bonchev–Trinajstić information content (AvgIpc) is 2.82. The lowest BCUT2D eigenvalue weighted by molar-refractivity contribution is -0.116. The molecule has 1 aromatic heterocycles. The third kappa shape index (κ3) is 1.25. The lowest BCUT2D eigenvalue weighted by Crippen LogP contribution is -2.36. The minimum Gasteiger partial charge on any atom is -0.374 e. The Hall–Kier alpha value is -2.30. The summed E-state index contributed by atoms with van der Waals surface area (Å²) in [6.45, 7) is 0.302. The van der Waals surface area contributed by atoms with Crippen LogP contribution in [0.15, 0.2) is 36.5 Å². The van der Waals surface area contributed by atoms with Gasteiger partial charge in [0.2, 0.25) is 0 Å². The highest BCUT2D eigenvalue weighted by molar-refractivity contribution is 6.07. The molecule has 1 aliphatic heterocycles. The van der Waals surface area contributed by atoms with E-state index in [0.29, 0.717) is 12.4 Å². The molecule has 5 heteroatoms. The second-order valence-electron chi connectivity index (χ2n) is 3.54. The first kappa shape index (κ1) is 8.96. The van der Waals surface area contributed by atoms with E-state index in [2.05, 4.69) is 15.5 Å². The van der Waals surface area contributed by atoms with Gasteiger partial charge in [0.05, 0.1) is 24.1 Å². The molecule has 0 saturated carbocycles. The number of rotatable bonds is 1. The number of anilines is 3. The number of fused-ring (bicyclic) bond motifs is 1. The summed E-state index contributed by atoms with van der Waals surface area (Å²) in [6, 6.07) is 9.47. The molecular weight excluding hydrogens is 204 g/mol. The number of para-hydroxylation sites is 2. The van der Waals surface area contributed by atoms with Crippen molar-refractivity contribution in [1.82, 2.24) is 10.2 Å². The predicted molar refractivity (Wildman–Crippen MR) is 60.7 cm³/mol. The first-order valence-electron chi connectivity index (χ1n) is 5.01. The van der Waals surface area contributed by atoms with Crippen molar-refractivity contribution >= 4 is 23.1 Å². The molecule has 2 heterocycles. The molecule has 0 saturated heterocycles. The van der Waals surface area contributed by atoms with Crippen LogP contribution in [-0.4, -0.2) is 22.6 Å². The number of H-pyrrole nitrogens is 1. The zero-order valence-corrected chi connectivity index (χ0v) is 8.47. The van der Waals surface area contributed by atoms with E-state index in [0.717, 1.165) is 11.4 Å². The normalized spacial score (nSPS) is 14.5. The number of aromatic amines is 1. The predicted octanol–water partition coefficient (Wildman–Crippen LogP) is 1.50. The Balaban J connectivity index is 2.14. The third-order valence-corrected chi connectivity index (χ3v) is 2.55. The third-order valence-electron chi connectivity index (χ3n) is 2.55. The molecule has 2 N–H and O–H groups in total. The Morgan fingerprint density at radius 3 is 2.94 bits per heavy atom. The molecule has 0 spiro atoms. The lowest BCUT2D eigenvalue weighted by atomic mass is 10.2. The monoisotopic (exact) mass is 214 g/mol. The maximum Gasteiger partial charge on any atom is 0.252 e. The topological polar surface area (TPSA) is 61.0 Å². The summed E-state index contributed by atoms with van der Waals surface area (Å²) in [5.74, 6) is 0.696. The molecule has 5 nitrogen and oxygen atoms in total. The van der Waals surface area contributed by atoms with Gasteiger partial charge in [-0.25, -0.2) is 0 Å². The van der Waals surface area contributed by atoms with Gasteiger partial charge in [-0.3, -0.25) is 14.8 Å². The van der Waals surface area contributed by atoms with Gasteiger partial charge in [-0.1, -0.05) is 12.1 Å². The van der Waals surface area contributed by atoms with Crippen LogP contribution in [0.25, 0.3) is 0 Å². The summed E-state index contributed by atoms with van der Waals surface area (Å²) >= 11 is 0. The Bertz CT molecular complexity index is 521. The van der Waals surface area contributed by atoms with Crippen LogP contribution in [-0.2, 0) is 4.79 Å². The Labute approximate surface area is 92.1 Å². The maximum atomic E-state index is 11.9. The number of aromatic nitrogens is 2. The first-order valence-corrected chi connectivity index (χ1v) is 5.01. The van der Waals surface area contributed by atoms with Gasteiger partial charge in [-0.15, -0.1) is 0 Å². The number of nitrogens with zero attached hydrogens (tertiary/aromatic N) is 2. The Morgan fingerprint density at radius 2 is 2.12 bits per heavy atom. The summed E-state index contributed by atoms with van der Waals surface area (Å²) in [4.78, 5) is 13.5. The molecule has 16 heavy (non-hydrogen) atoms. The van der Waals surface area contributed by atoms with Gasteiger partial charge >= 0.3 is 0 Å². The second-order valence-corrected chi connectivity index (χ2v) is 3.54. The minimum absolute atomic E-state index is 0.00273. The van der Waals surface area contributed by atoms with E-state index in [4.69, 9.17) is 0 Å². The first-order chi connectivity index (χ1) is 7.86. The number of carbonyl (C=O) groups is 1. The highest BCUT2D eigenvalue weighted by atomic mass is 16.2. The molecule has 0 radical (unpaired) electrons. The van der Waals surface area contributed by atoms with Gasteiger partial charge in [0.15, 0.2) is 0 Å². The summed E-state index contributed by atoms with van der Waals surface area (Å²) in [5.41, 5.74) is 1.81. The number of hydrogen-bond acceptors (Lipinski definition) is 3. The number of amides is 1. The zero-order valence-electron chi connectivity index (χ0n) is 8.47. The number of benzene rings is 1. The van der Waals surface area contributed by atoms with E-state index < -0.39 is 0 Å². The van der Waals surface area contributed by atoms with Crippen molar-refractivity contribution in [2.24, 2.45) is 0 Å². The van der Waals surface area contributed by atoms with E-state index >= 15 is 0 Å². The van der Waals surface area contributed by atoms with Crippen molar-refractivity contribution < 1.29 is 4.79 Å². The SMILES string of the molecule is O=C1CNc2ccccc2N1c1ccn[nH]1. The summed E-state index contributed by atoms with van der Waals surface area (Å²) < 4.78 is 0. The molecule has 0 atom stereocenters. The van der Waals surface area contributed by atoms with Crippen LogP contribution in [0.4, 0.5) is 17.2 Å². The smallest absolute Gasteiger partial charge is 0.252 e. The fourth-order valence-electron chi connectivity index (χ4n) is 1.84. The van der Waals surface area contributed by atoms with Crippen molar-refractivity contribution in [3.05, 3.63) is 36.5 Å². The number of hydrogen-bond donors (Lipinski definition) is 2. The van der Waals surface area contributed by atoms with Crippen molar-refractivity contribution in [2.45, 2.75) is 0 Å². The second kappa shape index (κ2) is 3.37. The van der Waals surface area contributed by atoms with Crippen LogP contribution in [0, 0.1) is 0 Å². The summed E-state index contributed by atoms with van der Waals surface area (Å²) in [7, 11) is 0. The zero-order chi connectivity index (χ0) is 11.0. The number of carbonyl (C=O) groups excluding carboxylic acids is 1. The van der Waals surface area contributed by atoms with E-state index in [9.17, 15) is 4.79 Å². The molecule has 80 valence electrons. The van der Waals surface area contributed by atoms with Crippen LogP contribution in [0.5, 0.6) is 0 Å². The van der Waals surface area contributed by atoms with Crippen LogP contribution in [0.1, 0.15) is 0 Å². The van der Waals surface area contributed by atoms with Crippen LogP contribution >= 0.6 is 0 Å². The Kier molecular flexibility index (Phi) is 1.89. The van der Waals surface area contributed by atoms with Crippen LogP contribution < -0.4 is 10.2 Å². The quantitative estimate of drug-likeness (QED) is 0.756. The summed E-state index contributed by atoms with van der Waals surface area (Å²) in [5, 5.41) is 9.75. The minimum atomic E-state index is 0.00273. The molecule has 1 aliphatic rings. The van der Waals surface area contributed by atoms with E-state index in [-0.39, 0.29) is 5.91 Å². The molecular formula is C11H10N4O. The number of nitrogens with one attached hydrogen (secondary N) is 2. The fourth-order valence-corrected chi connectivity index (χ4v) is 1.84. The van der Waals surface area contributed by atoms with Crippen molar-refractivity contribution in [2.75, 3.05) is 16.8 Å². The van der Waals surface area contributed by atoms with Crippen molar-refractivity contribution in [3.8, 4) is 0 Å². The average molecular weight is 214 g/mol. The van der Waals surface area contributed by atoms with Gasteiger partial charge in [-0.05, 0) is 12.1 Å². The highest BCUT2D eigenvalue weighted by Crippen LogP contribution is 2.33. The highest BCUT2D eigenvalue weighted by Gasteiger charge is 2.25. The molecule has 0 unspecified atom stereocenters. The van der Waals surface area contributed by atoms with Gasteiger partial charge in [0.1, 0.15) is 5.82 Å². The largest absolute Gasteiger partial charge is 0.374 e. The standard InChI is InChI=1S/C11H10N4O/c16-11-7-12-8-3-1-2-4-9(8)15(11)10-5-6-13-14-10/h1-6,12H,7H2,(H,13,14). The van der Waals surface area contributed by atoms with Crippen molar-refractivity contribution in [1.29, 1.82) is 0 Å². The lowest BCUT2D eigenvalue weighted by Gasteiger charge is -2.28. The van der Waals surface area contributed by atoms with Crippen molar-refractivity contribution in [3.63, 3.8) is 0 Å². The van der Waals surface area contributed by atoms with Crippen LogP contribution in [0.3, 0.4) is 0 Å². The molecule has 3 rings (SSSR count). The summed E-state index contributed by atoms with van der Waals surface area (Å²) in [6.07, 6.45) is 1.63. The van der Waals surface area contributed by atoms with Gasteiger partial charge in [-0.2, -0.15) is 5.10 Å². The fraction of sp³-hybridized carbons (Fsp3) is 0.0909. The van der Waals surface area contributed by atoms with Gasteiger partial charge < -0.3 is 5.32 Å². The molecule has 1 aromatic carbocycles. The molecule has 0 aliphatic carbocycles. The molecule has 1 amide bonds. The Morgan fingerprint density at radius 1 is 1.25 bits per heavy atom. The molecule has 2 aromatic rings. The van der Waals surface area contributed by atoms with E-state index in [1.165, 1.54) is 0 Å². The van der Waals surface area contributed by atoms with E-state index in [1.807, 2.05) is 24.3 Å². The maximum absolute atomic E-state index is 11.9. The molecule has 0 fully saturated rings.